The lowest BCUT2D eigenvalue weighted by atomic mass is 10.1. The van der Waals surface area contributed by atoms with Gasteiger partial charge in [-0.1, -0.05) is 30.3 Å². The summed E-state index contributed by atoms with van der Waals surface area (Å²) in [6, 6.07) is 23.7. The molecule has 2 aliphatic rings. The molecule has 0 spiro atoms. The van der Waals surface area contributed by atoms with Gasteiger partial charge in [0.05, 0.1) is 13.2 Å². The van der Waals surface area contributed by atoms with E-state index in [2.05, 4.69) is 45.4 Å². The molecular weight excluding hydrogens is 466 g/mol. The highest BCUT2D eigenvalue weighted by molar-refractivity contribution is 6.00. The van der Waals surface area contributed by atoms with Crippen LogP contribution in [0.15, 0.2) is 72.8 Å². The molecule has 7 heteroatoms. The van der Waals surface area contributed by atoms with Gasteiger partial charge in [-0.2, -0.15) is 0 Å². The molecule has 0 aliphatic carbocycles. The molecule has 7 nitrogen and oxygen atoms in total. The molecule has 2 heterocycles. The fourth-order valence-corrected chi connectivity index (χ4v) is 4.69. The van der Waals surface area contributed by atoms with Gasteiger partial charge < -0.3 is 19.7 Å². The average molecular weight is 500 g/mol. The van der Waals surface area contributed by atoms with Crippen LogP contribution in [0.3, 0.4) is 0 Å². The molecule has 1 amide bonds. The van der Waals surface area contributed by atoms with Crippen LogP contribution in [-0.4, -0.2) is 56.0 Å². The molecule has 0 radical (unpaired) electrons. The van der Waals surface area contributed by atoms with Crippen molar-refractivity contribution in [3.63, 3.8) is 0 Å². The van der Waals surface area contributed by atoms with E-state index in [0.717, 1.165) is 50.5 Å². The Kier molecular flexibility index (Phi) is 8.01. The van der Waals surface area contributed by atoms with Gasteiger partial charge in [-0.25, -0.2) is 0 Å². The predicted molar refractivity (Wildman–Crippen MR) is 145 cm³/mol. The van der Waals surface area contributed by atoms with Crippen LogP contribution in [-0.2, 0) is 11.3 Å². The van der Waals surface area contributed by atoms with Crippen molar-refractivity contribution in [2.24, 2.45) is 0 Å². The van der Waals surface area contributed by atoms with Crippen LogP contribution < -0.4 is 19.7 Å². The summed E-state index contributed by atoms with van der Waals surface area (Å²) in [6.45, 7) is 6.14. The Bertz CT molecular complexity index is 1210. The maximum absolute atomic E-state index is 12.6. The van der Waals surface area contributed by atoms with Crippen molar-refractivity contribution in [2.75, 3.05) is 49.6 Å². The number of nitrogens with one attached hydrogen (secondary N) is 1. The summed E-state index contributed by atoms with van der Waals surface area (Å²) in [6.07, 6.45) is 1.07. The van der Waals surface area contributed by atoms with Crippen molar-refractivity contribution in [1.29, 1.82) is 0 Å². The first kappa shape index (κ1) is 24.8. The maximum atomic E-state index is 12.6. The zero-order valence-electron chi connectivity index (χ0n) is 21.0. The highest BCUT2D eigenvalue weighted by atomic mass is 16.5. The van der Waals surface area contributed by atoms with Crippen LogP contribution in [0.4, 0.5) is 11.4 Å². The monoisotopic (exact) mass is 499 g/mol. The second kappa shape index (κ2) is 11.9. The predicted octanol–water partition coefficient (Wildman–Crippen LogP) is 4.77. The zero-order chi connectivity index (χ0) is 25.5. The van der Waals surface area contributed by atoms with E-state index in [1.165, 1.54) is 5.56 Å². The lowest BCUT2D eigenvalue weighted by Crippen LogP contribution is -2.45. The standard InChI is InChI=1S/C30H33N3O4/c34-27(24-7-13-28-29(21-24)37-20-4-19-36-28)12-14-30(35)31-25-8-10-26(11-9-25)33-17-15-32(16-18-33)22-23-5-2-1-3-6-23/h1-3,5-11,13,21H,4,12,14-20,22H2,(H,31,35). The minimum Gasteiger partial charge on any atom is -0.490 e. The van der Waals surface area contributed by atoms with Crippen molar-refractivity contribution in [1.82, 2.24) is 4.90 Å². The molecule has 0 unspecified atom stereocenters. The van der Waals surface area contributed by atoms with Gasteiger partial charge in [0, 0.05) is 68.9 Å². The van der Waals surface area contributed by atoms with Crippen LogP contribution in [0.5, 0.6) is 11.5 Å². The molecule has 0 aromatic heterocycles. The highest BCUT2D eigenvalue weighted by Gasteiger charge is 2.18. The van der Waals surface area contributed by atoms with E-state index in [9.17, 15) is 9.59 Å². The second-order valence-electron chi connectivity index (χ2n) is 9.48. The van der Waals surface area contributed by atoms with Gasteiger partial charge in [-0.3, -0.25) is 14.5 Å². The van der Waals surface area contributed by atoms with E-state index >= 15 is 0 Å². The van der Waals surface area contributed by atoms with Crippen LogP contribution in [0.2, 0.25) is 0 Å². The Labute approximate surface area is 218 Å². The Balaban J connectivity index is 1.07. The molecular formula is C30H33N3O4. The number of anilines is 2. The Hall–Kier alpha value is -3.84. The van der Waals surface area contributed by atoms with Crippen LogP contribution >= 0.6 is 0 Å². The van der Waals surface area contributed by atoms with Gasteiger partial charge in [0.25, 0.3) is 0 Å². The molecule has 3 aromatic rings. The van der Waals surface area contributed by atoms with Gasteiger partial charge in [0.15, 0.2) is 17.3 Å². The fourth-order valence-electron chi connectivity index (χ4n) is 4.69. The molecule has 5 rings (SSSR count). The number of amides is 1. The largest absolute Gasteiger partial charge is 0.490 e. The number of carbonyl (C=O) groups excluding carboxylic acids is 2. The Morgan fingerprint density at radius 1 is 0.784 bits per heavy atom. The first-order valence-corrected chi connectivity index (χ1v) is 13.0. The molecule has 1 fully saturated rings. The molecule has 2 aliphatic heterocycles. The third-order valence-electron chi connectivity index (χ3n) is 6.79. The van der Waals surface area contributed by atoms with E-state index in [1.807, 2.05) is 24.3 Å². The lowest BCUT2D eigenvalue weighted by molar-refractivity contribution is -0.116. The Morgan fingerprint density at radius 2 is 1.51 bits per heavy atom. The lowest BCUT2D eigenvalue weighted by Gasteiger charge is -2.36. The van der Waals surface area contributed by atoms with Crippen molar-refractivity contribution in [2.45, 2.75) is 25.8 Å². The number of rotatable bonds is 8. The third kappa shape index (κ3) is 6.68. The van der Waals surface area contributed by atoms with Crippen molar-refractivity contribution in [3.05, 3.63) is 83.9 Å². The number of hydrogen-bond acceptors (Lipinski definition) is 6. The highest BCUT2D eigenvalue weighted by Crippen LogP contribution is 2.31. The molecule has 3 aromatic carbocycles. The minimum atomic E-state index is -0.176. The fraction of sp³-hybridized carbons (Fsp3) is 0.333. The third-order valence-corrected chi connectivity index (χ3v) is 6.79. The summed E-state index contributed by atoms with van der Waals surface area (Å²) in [7, 11) is 0. The molecule has 0 atom stereocenters. The van der Waals surface area contributed by atoms with Crippen molar-refractivity contribution < 1.29 is 19.1 Å². The van der Waals surface area contributed by atoms with E-state index in [0.29, 0.717) is 30.3 Å². The number of fused-ring (bicyclic) bond motifs is 1. The quantitative estimate of drug-likeness (QED) is 0.450. The number of hydrogen-bond donors (Lipinski definition) is 1. The number of carbonyl (C=O) groups is 2. The molecule has 1 N–H and O–H groups in total. The van der Waals surface area contributed by atoms with Crippen LogP contribution in [0, 0.1) is 0 Å². The van der Waals surface area contributed by atoms with E-state index in [1.54, 1.807) is 18.2 Å². The topological polar surface area (TPSA) is 71.1 Å². The van der Waals surface area contributed by atoms with Crippen molar-refractivity contribution >= 4 is 23.1 Å². The van der Waals surface area contributed by atoms with Gasteiger partial charge in [0.1, 0.15) is 0 Å². The van der Waals surface area contributed by atoms with Gasteiger partial charge in [-0.05, 0) is 48.0 Å². The summed E-state index contributed by atoms with van der Waals surface area (Å²) in [5.74, 6) is 0.979. The number of Topliss-reactive ketones (excluding diaryl/α,β-unsaturated/α-hetero) is 1. The summed E-state index contributed by atoms with van der Waals surface area (Å²) < 4.78 is 11.3. The number of ether oxygens (including phenoxy) is 2. The Morgan fingerprint density at radius 3 is 2.27 bits per heavy atom. The van der Waals surface area contributed by atoms with Crippen LogP contribution in [0.25, 0.3) is 0 Å². The van der Waals surface area contributed by atoms with Gasteiger partial charge >= 0.3 is 0 Å². The second-order valence-corrected chi connectivity index (χ2v) is 9.48. The molecule has 0 bridgehead atoms. The summed E-state index contributed by atoms with van der Waals surface area (Å²) in [5, 5.41) is 2.91. The summed E-state index contributed by atoms with van der Waals surface area (Å²) >= 11 is 0. The SMILES string of the molecule is O=C(CCC(=O)c1ccc2c(c1)OCCCO2)Nc1ccc(N2CCN(Cc3ccccc3)CC2)cc1. The van der Waals surface area contributed by atoms with Crippen LogP contribution in [0.1, 0.15) is 35.2 Å². The molecule has 37 heavy (non-hydrogen) atoms. The first-order chi connectivity index (χ1) is 18.1. The molecule has 0 saturated carbocycles. The summed E-state index contributed by atoms with van der Waals surface area (Å²) in [4.78, 5) is 30.0. The summed E-state index contributed by atoms with van der Waals surface area (Å²) in [5.41, 5.74) is 3.77. The number of nitrogens with zero attached hydrogens (tertiary/aromatic N) is 2. The maximum Gasteiger partial charge on any atom is 0.224 e. The smallest absolute Gasteiger partial charge is 0.224 e. The molecule has 192 valence electrons. The number of piperazine rings is 1. The van der Waals surface area contributed by atoms with Crippen molar-refractivity contribution in [3.8, 4) is 11.5 Å². The average Bonchev–Trinajstić information content (AvgIpc) is 3.18. The number of ketones is 1. The van der Waals surface area contributed by atoms with Gasteiger partial charge in [0.2, 0.25) is 5.91 Å². The minimum absolute atomic E-state index is 0.0902. The van der Waals surface area contributed by atoms with Gasteiger partial charge in [-0.15, -0.1) is 0 Å². The normalized spacial score (nSPS) is 15.6. The zero-order valence-corrected chi connectivity index (χ0v) is 21.0. The van der Waals surface area contributed by atoms with E-state index < -0.39 is 0 Å². The van der Waals surface area contributed by atoms with E-state index in [-0.39, 0.29) is 24.5 Å². The van der Waals surface area contributed by atoms with E-state index in [4.69, 9.17) is 9.47 Å². The first-order valence-electron chi connectivity index (χ1n) is 13.0. The molecule has 1 saturated heterocycles. The number of benzene rings is 3.